The number of hydrogen-bond acceptors (Lipinski definition) is 4. The Balaban J connectivity index is 1.64. The Morgan fingerprint density at radius 3 is 2.81 bits per heavy atom. The highest BCUT2D eigenvalue weighted by atomic mass is 16.5. The summed E-state index contributed by atoms with van der Waals surface area (Å²) in [4.78, 5) is 11.4. The molecule has 1 heterocycles. The summed E-state index contributed by atoms with van der Waals surface area (Å²) < 4.78 is 11.6. The largest absolute Gasteiger partial charge is 0.453 e. The Labute approximate surface area is 125 Å². The summed E-state index contributed by atoms with van der Waals surface area (Å²) in [6, 6.07) is 3.39. The molecule has 5 heteroatoms. The Morgan fingerprint density at radius 2 is 2.24 bits per heavy atom. The van der Waals surface area contributed by atoms with Gasteiger partial charge in [0.1, 0.15) is 12.4 Å². The van der Waals surface area contributed by atoms with Gasteiger partial charge < -0.3 is 9.15 Å². The standard InChI is InChI=1S/C16H24N2O3/c1-15(2)10-6-7-16(15,3)13(8-10)20-9-11-4-5-12(21-11)14(19)18-17/h4-5,10,13H,6-9,17H2,1-3H3,(H,18,19). The maximum absolute atomic E-state index is 11.4. The molecule has 3 rings (SSSR count). The molecule has 2 fully saturated rings. The molecule has 116 valence electrons. The van der Waals surface area contributed by atoms with Gasteiger partial charge in [0.15, 0.2) is 5.76 Å². The van der Waals surface area contributed by atoms with Crippen molar-refractivity contribution in [3.05, 3.63) is 23.7 Å². The first-order chi connectivity index (χ1) is 9.88. The zero-order valence-electron chi connectivity index (χ0n) is 12.9. The van der Waals surface area contributed by atoms with E-state index < -0.39 is 5.91 Å². The molecule has 2 saturated carbocycles. The number of carbonyl (C=O) groups is 1. The zero-order valence-corrected chi connectivity index (χ0v) is 12.9. The lowest BCUT2D eigenvalue weighted by Crippen LogP contribution is -2.37. The van der Waals surface area contributed by atoms with Crippen molar-refractivity contribution in [3.63, 3.8) is 0 Å². The van der Waals surface area contributed by atoms with Crippen molar-refractivity contribution in [2.75, 3.05) is 0 Å². The molecular formula is C16H24N2O3. The lowest BCUT2D eigenvalue weighted by molar-refractivity contribution is -0.0598. The number of nitrogen functional groups attached to an aromatic ring is 1. The molecular weight excluding hydrogens is 268 g/mol. The van der Waals surface area contributed by atoms with Crippen LogP contribution in [0.25, 0.3) is 0 Å². The van der Waals surface area contributed by atoms with Crippen molar-refractivity contribution in [1.29, 1.82) is 0 Å². The molecule has 21 heavy (non-hydrogen) atoms. The number of fused-ring (bicyclic) bond motifs is 2. The molecule has 2 aliphatic rings. The maximum Gasteiger partial charge on any atom is 0.300 e. The molecule has 2 aliphatic carbocycles. The van der Waals surface area contributed by atoms with E-state index in [0.29, 0.717) is 17.8 Å². The second-order valence-corrected chi connectivity index (χ2v) is 7.15. The van der Waals surface area contributed by atoms with Crippen molar-refractivity contribution < 1.29 is 13.9 Å². The molecule has 3 unspecified atom stereocenters. The normalized spacial score (nSPS) is 33.3. The van der Waals surface area contributed by atoms with Crippen LogP contribution in [0.2, 0.25) is 0 Å². The molecule has 3 N–H and O–H groups in total. The summed E-state index contributed by atoms with van der Waals surface area (Å²) in [7, 11) is 0. The number of amides is 1. The number of nitrogens with one attached hydrogen (secondary N) is 1. The first-order valence-electron chi connectivity index (χ1n) is 7.60. The summed E-state index contributed by atoms with van der Waals surface area (Å²) in [5.41, 5.74) is 2.63. The summed E-state index contributed by atoms with van der Waals surface area (Å²) in [6.45, 7) is 7.48. The highest BCUT2D eigenvalue weighted by molar-refractivity contribution is 5.90. The Hall–Kier alpha value is -1.33. The van der Waals surface area contributed by atoms with Crippen molar-refractivity contribution in [2.24, 2.45) is 22.6 Å². The number of ether oxygens (including phenoxy) is 1. The third-order valence-corrected chi connectivity index (χ3v) is 6.16. The van der Waals surface area contributed by atoms with Gasteiger partial charge in [-0.2, -0.15) is 0 Å². The van der Waals surface area contributed by atoms with Crippen molar-refractivity contribution in [1.82, 2.24) is 5.43 Å². The van der Waals surface area contributed by atoms with E-state index in [1.165, 1.54) is 12.8 Å². The van der Waals surface area contributed by atoms with Crippen LogP contribution in [0.4, 0.5) is 0 Å². The van der Waals surface area contributed by atoms with Crippen LogP contribution >= 0.6 is 0 Å². The highest BCUT2D eigenvalue weighted by Crippen LogP contribution is 2.66. The van der Waals surface area contributed by atoms with Crippen LogP contribution in [0, 0.1) is 16.7 Å². The maximum atomic E-state index is 11.4. The van der Waals surface area contributed by atoms with E-state index in [0.717, 1.165) is 12.3 Å². The molecule has 0 spiro atoms. The molecule has 0 aliphatic heterocycles. The van der Waals surface area contributed by atoms with Gasteiger partial charge in [-0.25, -0.2) is 5.84 Å². The van der Waals surface area contributed by atoms with E-state index in [1.807, 2.05) is 0 Å². The van der Waals surface area contributed by atoms with E-state index in [9.17, 15) is 4.79 Å². The van der Waals surface area contributed by atoms with Gasteiger partial charge in [0.2, 0.25) is 0 Å². The third kappa shape index (κ3) is 2.10. The third-order valence-electron chi connectivity index (χ3n) is 6.16. The van der Waals surface area contributed by atoms with Gasteiger partial charge in [-0.05, 0) is 48.1 Å². The average Bonchev–Trinajstić information content (AvgIpc) is 3.06. The number of nitrogens with two attached hydrogens (primary N) is 1. The Morgan fingerprint density at radius 1 is 1.48 bits per heavy atom. The molecule has 1 aromatic rings. The second kappa shape index (κ2) is 4.85. The van der Waals surface area contributed by atoms with Gasteiger partial charge in [0, 0.05) is 0 Å². The number of furan rings is 1. The fourth-order valence-electron chi connectivity index (χ4n) is 4.21. The van der Waals surface area contributed by atoms with Gasteiger partial charge >= 0.3 is 5.91 Å². The van der Waals surface area contributed by atoms with Crippen LogP contribution in [-0.2, 0) is 11.3 Å². The Kier molecular flexibility index (Phi) is 3.37. The first kappa shape index (κ1) is 14.6. The van der Waals surface area contributed by atoms with Crippen LogP contribution in [0.15, 0.2) is 16.5 Å². The second-order valence-electron chi connectivity index (χ2n) is 7.15. The van der Waals surface area contributed by atoms with Gasteiger partial charge in [-0.3, -0.25) is 10.2 Å². The smallest absolute Gasteiger partial charge is 0.300 e. The van der Waals surface area contributed by atoms with Crippen molar-refractivity contribution in [3.8, 4) is 0 Å². The fourth-order valence-corrected chi connectivity index (χ4v) is 4.21. The van der Waals surface area contributed by atoms with Gasteiger partial charge in [0.05, 0.1) is 6.10 Å². The van der Waals surface area contributed by atoms with Gasteiger partial charge in [-0.15, -0.1) is 0 Å². The lowest BCUT2D eigenvalue weighted by atomic mass is 9.70. The van der Waals surface area contributed by atoms with Gasteiger partial charge in [0.25, 0.3) is 0 Å². The van der Waals surface area contributed by atoms with Crippen LogP contribution < -0.4 is 11.3 Å². The van der Waals surface area contributed by atoms with Crippen LogP contribution in [0.5, 0.6) is 0 Å². The van der Waals surface area contributed by atoms with E-state index in [1.54, 1.807) is 12.1 Å². The quantitative estimate of drug-likeness (QED) is 0.508. The zero-order chi connectivity index (χ0) is 15.3. The average molecular weight is 292 g/mol. The first-order valence-corrected chi connectivity index (χ1v) is 7.60. The predicted molar refractivity (Wildman–Crippen MR) is 78.2 cm³/mol. The van der Waals surface area contributed by atoms with E-state index >= 15 is 0 Å². The van der Waals surface area contributed by atoms with E-state index in [4.69, 9.17) is 15.0 Å². The minimum Gasteiger partial charge on any atom is -0.453 e. The fraction of sp³-hybridized carbons (Fsp3) is 0.688. The summed E-state index contributed by atoms with van der Waals surface area (Å²) in [5, 5.41) is 0. The summed E-state index contributed by atoms with van der Waals surface area (Å²) in [6.07, 6.45) is 3.93. The molecule has 5 nitrogen and oxygen atoms in total. The number of carbonyl (C=O) groups excluding carboxylic acids is 1. The van der Waals surface area contributed by atoms with Crippen LogP contribution in [-0.4, -0.2) is 12.0 Å². The Bertz CT molecular complexity index is 551. The van der Waals surface area contributed by atoms with Crippen LogP contribution in [0.3, 0.4) is 0 Å². The lowest BCUT2D eigenvalue weighted by Gasteiger charge is -2.38. The van der Waals surface area contributed by atoms with E-state index in [-0.39, 0.29) is 17.3 Å². The molecule has 1 aromatic heterocycles. The molecule has 0 saturated heterocycles. The summed E-state index contributed by atoms with van der Waals surface area (Å²) >= 11 is 0. The minimum atomic E-state index is -0.422. The highest BCUT2D eigenvalue weighted by Gasteiger charge is 2.61. The van der Waals surface area contributed by atoms with Gasteiger partial charge in [-0.1, -0.05) is 20.8 Å². The van der Waals surface area contributed by atoms with E-state index in [2.05, 4.69) is 26.2 Å². The monoisotopic (exact) mass is 292 g/mol. The summed E-state index contributed by atoms with van der Waals surface area (Å²) in [5.74, 6) is 6.30. The topological polar surface area (TPSA) is 77.5 Å². The molecule has 0 radical (unpaired) electrons. The predicted octanol–water partition coefficient (Wildman–Crippen LogP) is 2.61. The van der Waals surface area contributed by atoms with Crippen molar-refractivity contribution >= 4 is 5.91 Å². The van der Waals surface area contributed by atoms with Crippen LogP contribution in [0.1, 0.15) is 56.3 Å². The minimum absolute atomic E-state index is 0.218. The molecule has 1 amide bonds. The molecule has 2 bridgehead atoms. The molecule has 3 atom stereocenters. The number of hydrazine groups is 1. The number of rotatable bonds is 4. The SMILES string of the molecule is CC1(C)C2CCC1(C)C(OCc1ccc(C(=O)NN)o1)C2. The van der Waals surface area contributed by atoms with Crippen molar-refractivity contribution in [2.45, 2.75) is 52.7 Å². The molecule has 0 aromatic carbocycles. The number of hydrogen-bond donors (Lipinski definition) is 2.